The molecule has 1 aliphatic heterocycles. The highest BCUT2D eigenvalue weighted by Gasteiger charge is 2.44. The van der Waals surface area contributed by atoms with Crippen LogP contribution in [0.15, 0.2) is 30.9 Å². The molecule has 5 atom stereocenters. The van der Waals surface area contributed by atoms with Gasteiger partial charge in [-0.15, -0.1) is 0 Å². The zero-order chi connectivity index (χ0) is 23.1. The molecule has 2 aromatic heterocycles. The summed E-state index contributed by atoms with van der Waals surface area (Å²) in [7, 11) is 0. The lowest BCUT2D eigenvalue weighted by Gasteiger charge is -2.28. The third kappa shape index (κ3) is 3.93. The van der Waals surface area contributed by atoms with Gasteiger partial charge in [-0.25, -0.2) is 15.0 Å². The summed E-state index contributed by atoms with van der Waals surface area (Å²) in [5, 5.41) is 33.4. The van der Waals surface area contributed by atoms with Gasteiger partial charge in [-0.1, -0.05) is 12.1 Å². The molecule has 0 bridgehead atoms. The Morgan fingerprint density at radius 3 is 2.82 bits per heavy atom. The van der Waals surface area contributed by atoms with Crippen LogP contribution in [-0.2, 0) is 11.2 Å². The van der Waals surface area contributed by atoms with Gasteiger partial charge in [0.2, 0.25) is 0 Å². The maximum Gasteiger partial charge on any atom is 0.167 e. The highest BCUT2D eigenvalue weighted by Crippen LogP contribution is 2.38. The molecule has 3 aromatic rings. The second-order valence-corrected chi connectivity index (χ2v) is 8.85. The summed E-state index contributed by atoms with van der Waals surface area (Å²) >= 11 is 0. The van der Waals surface area contributed by atoms with Gasteiger partial charge in [-0.05, 0) is 50.3 Å². The Balaban J connectivity index is 1.45. The number of hydrogen-bond acceptors (Lipinski definition) is 9. The van der Waals surface area contributed by atoms with E-state index in [2.05, 4.69) is 26.3 Å². The molecule has 1 aliphatic carbocycles. The van der Waals surface area contributed by atoms with Crippen molar-refractivity contribution in [3.05, 3.63) is 42.0 Å². The summed E-state index contributed by atoms with van der Waals surface area (Å²) in [4.78, 5) is 13.2. The SMILES string of the molecule is CC(C)Oc1cccc2c1CCCC2Nc1ncnc2c1ncn2[C@@H]1O[C@H](CO)[C@@H](O)[C@H]1O. The van der Waals surface area contributed by atoms with Gasteiger partial charge in [-0.3, -0.25) is 4.57 Å². The minimum absolute atomic E-state index is 0.0432. The van der Waals surface area contributed by atoms with Crippen LogP contribution in [0.4, 0.5) is 5.82 Å². The van der Waals surface area contributed by atoms with Crippen LogP contribution in [0.5, 0.6) is 5.75 Å². The molecular formula is C23H29N5O5. The molecule has 176 valence electrons. The molecule has 0 radical (unpaired) electrons. The first kappa shape index (κ1) is 22.0. The smallest absolute Gasteiger partial charge is 0.167 e. The van der Waals surface area contributed by atoms with E-state index in [0.29, 0.717) is 17.0 Å². The molecule has 0 amide bonds. The number of fused-ring (bicyclic) bond motifs is 2. The van der Waals surface area contributed by atoms with Crippen LogP contribution in [0, 0.1) is 0 Å². The third-order valence-corrected chi connectivity index (χ3v) is 6.29. The molecule has 3 heterocycles. The Morgan fingerprint density at radius 1 is 1.21 bits per heavy atom. The Labute approximate surface area is 191 Å². The van der Waals surface area contributed by atoms with E-state index in [9.17, 15) is 15.3 Å². The largest absolute Gasteiger partial charge is 0.491 e. The van der Waals surface area contributed by atoms with E-state index < -0.39 is 31.1 Å². The molecule has 1 unspecified atom stereocenters. The number of aliphatic hydroxyl groups excluding tert-OH is 3. The van der Waals surface area contributed by atoms with Crippen LogP contribution in [-0.4, -0.2) is 65.9 Å². The van der Waals surface area contributed by atoms with Gasteiger partial charge in [-0.2, -0.15) is 0 Å². The number of nitrogens with zero attached hydrogens (tertiary/aromatic N) is 4. The summed E-state index contributed by atoms with van der Waals surface area (Å²) in [5.74, 6) is 1.51. The first-order valence-electron chi connectivity index (χ1n) is 11.3. The zero-order valence-corrected chi connectivity index (χ0v) is 18.6. The van der Waals surface area contributed by atoms with Gasteiger partial charge in [0.15, 0.2) is 23.2 Å². The van der Waals surface area contributed by atoms with Crippen molar-refractivity contribution in [2.24, 2.45) is 0 Å². The van der Waals surface area contributed by atoms with Crippen molar-refractivity contribution in [2.75, 3.05) is 11.9 Å². The van der Waals surface area contributed by atoms with Crippen LogP contribution in [0.3, 0.4) is 0 Å². The van der Waals surface area contributed by atoms with E-state index in [1.165, 1.54) is 23.8 Å². The Morgan fingerprint density at radius 2 is 2.06 bits per heavy atom. The second kappa shape index (κ2) is 8.86. The van der Waals surface area contributed by atoms with Crippen molar-refractivity contribution >= 4 is 17.0 Å². The summed E-state index contributed by atoms with van der Waals surface area (Å²) < 4.78 is 13.2. The predicted octanol–water partition coefficient (Wildman–Crippen LogP) is 1.71. The minimum atomic E-state index is -1.21. The van der Waals surface area contributed by atoms with Crippen molar-refractivity contribution in [3.8, 4) is 5.75 Å². The molecule has 4 N–H and O–H groups in total. The maximum atomic E-state index is 10.4. The first-order chi connectivity index (χ1) is 16.0. The summed E-state index contributed by atoms with van der Waals surface area (Å²) in [5.41, 5.74) is 3.42. The van der Waals surface area contributed by atoms with Crippen LogP contribution < -0.4 is 10.1 Å². The summed E-state index contributed by atoms with van der Waals surface area (Å²) in [6, 6.07) is 6.20. The van der Waals surface area contributed by atoms with Gasteiger partial charge in [0.05, 0.1) is 25.1 Å². The Kier molecular flexibility index (Phi) is 5.92. The van der Waals surface area contributed by atoms with Gasteiger partial charge in [0.25, 0.3) is 0 Å². The van der Waals surface area contributed by atoms with E-state index >= 15 is 0 Å². The fourth-order valence-electron chi connectivity index (χ4n) is 4.75. The molecule has 0 spiro atoms. The number of hydrogen-bond donors (Lipinski definition) is 4. The Hall–Kier alpha value is -2.79. The van der Waals surface area contributed by atoms with Gasteiger partial charge < -0.3 is 30.1 Å². The second-order valence-electron chi connectivity index (χ2n) is 8.85. The molecule has 5 rings (SSSR count). The fourth-order valence-corrected chi connectivity index (χ4v) is 4.75. The maximum absolute atomic E-state index is 10.4. The molecule has 1 saturated heterocycles. The third-order valence-electron chi connectivity index (χ3n) is 6.29. The lowest BCUT2D eigenvalue weighted by Crippen LogP contribution is -2.33. The van der Waals surface area contributed by atoms with Crippen molar-refractivity contribution < 1.29 is 24.8 Å². The normalized spacial score (nSPS) is 27.2. The number of imidazole rings is 1. The van der Waals surface area contributed by atoms with Gasteiger partial charge >= 0.3 is 0 Å². The van der Waals surface area contributed by atoms with Gasteiger partial charge in [0, 0.05) is 0 Å². The van der Waals surface area contributed by atoms with Crippen molar-refractivity contribution in [1.82, 2.24) is 19.5 Å². The Bertz CT molecular complexity index is 1140. The quantitative estimate of drug-likeness (QED) is 0.438. The van der Waals surface area contributed by atoms with Crippen LogP contribution in [0.1, 0.15) is 50.1 Å². The van der Waals surface area contributed by atoms with E-state index in [1.54, 1.807) is 4.57 Å². The molecule has 2 aliphatic rings. The van der Waals surface area contributed by atoms with Crippen LogP contribution in [0.2, 0.25) is 0 Å². The number of nitrogens with one attached hydrogen (secondary N) is 1. The zero-order valence-electron chi connectivity index (χ0n) is 18.6. The molecule has 0 saturated carbocycles. The molecule has 10 heteroatoms. The summed E-state index contributed by atoms with van der Waals surface area (Å²) in [6.07, 6.45) is 1.79. The number of rotatable bonds is 6. The molecule has 1 aromatic carbocycles. The average Bonchev–Trinajstić information content (AvgIpc) is 3.35. The average molecular weight is 456 g/mol. The van der Waals surface area contributed by atoms with E-state index in [-0.39, 0.29) is 12.1 Å². The van der Waals surface area contributed by atoms with E-state index in [1.807, 2.05) is 26.0 Å². The van der Waals surface area contributed by atoms with Crippen molar-refractivity contribution in [2.45, 2.75) is 69.8 Å². The fraction of sp³-hybridized carbons (Fsp3) is 0.522. The van der Waals surface area contributed by atoms with Crippen molar-refractivity contribution in [3.63, 3.8) is 0 Å². The predicted molar refractivity (Wildman–Crippen MR) is 120 cm³/mol. The monoisotopic (exact) mass is 455 g/mol. The van der Waals surface area contributed by atoms with Crippen LogP contribution >= 0.6 is 0 Å². The molecule has 10 nitrogen and oxygen atoms in total. The number of aromatic nitrogens is 4. The van der Waals surface area contributed by atoms with E-state index in [0.717, 1.165) is 25.0 Å². The number of anilines is 1. The van der Waals surface area contributed by atoms with Crippen LogP contribution in [0.25, 0.3) is 11.2 Å². The molecular weight excluding hydrogens is 426 g/mol. The van der Waals surface area contributed by atoms with Crippen molar-refractivity contribution in [1.29, 1.82) is 0 Å². The highest BCUT2D eigenvalue weighted by molar-refractivity contribution is 5.83. The number of ether oxygens (including phenoxy) is 2. The first-order valence-corrected chi connectivity index (χ1v) is 11.3. The highest BCUT2D eigenvalue weighted by atomic mass is 16.6. The lowest BCUT2D eigenvalue weighted by atomic mass is 9.87. The van der Waals surface area contributed by atoms with E-state index in [4.69, 9.17) is 9.47 Å². The molecule has 33 heavy (non-hydrogen) atoms. The number of benzene rings is 1. The number of aliphatic hydroxyl groups is 3. The molecule has 1 fully saturated rings. The standard InChI is InChI=1S/C23H29N5O5/c1-12(2)32-16-8-4-5-13-14(16)6-3-7-15(13)27-21-18-22(25-10-24-21)28(11-26-18)23-20(31)19(30)17(9-29)33-23/h4-5,8,10-12,15,17,19-20,23,29-31H,3,6-7,9H2,1-2H3,(H,24,25,27)/t15?,17-,19-,20-,23-/m1/s1. The lowest BCUT2D eigenvalue weighted by molar-refractivity contribution is -0.0511. The van der Waals surface area contributed by atoms with Gasteiger partial charge in [0.1, 0.15) is 30.4 Å². The minimum Gasteiger partial charge on any atom is -0.491 e. The topological polar surface area (TPSA) is 135 Å². The summed E-state index contributed by atoms with van der Waals surface area (Å²) in [6.45, 7) is 3.66.